The lowest BCUT2D eigenvalue weighted by Gasteiger charge is -2.11. The van der Waals surface area contributed by atoms with Crippen molar-refractivity contribution in [3.8, 4) is 5.69 Å². The van der Waals surface area contributed by atoms with Crippen LogP contribution in [0, 0.1) is 0 Å². The Balaban J connectivity index is 1.87. The first-order chi connectivity index (χ1) is 12.8. The minimum absolute atomic E-state index is 0.0896. The molecule has 0 aliphatic heterocycles. The van der Waals surface area contributed by atoms with Gasteiger partial charge < -0.3 is 0 Å². The summed E-state index contributed by atoms with van der Waals surface area (Å²) in [4.78, 5) is 14.2. The predicted octanol–water partition coefficient (Wildman–Crippen LogP) is 4.70. The molecule has 26 heavy (non-hydrogen) atoms. The van der Waals surface area contributed by atoms with Crippen molar-refractivity contribution in [3.05, 3.63) is 100 Å². The van der Waals surface area contributed by atoms with Gasteiger partial charge in [0.15, 0.2) is 0 Å². The van der Waals surface area contributed by atoms with Gasteiger partial charge in [-0.25, -0.2) is 0 Å². The second-order valence-corrected chi connectivity index (χ2v) is 6.95. The van der Waals surface area contributed by atoms with Gasteiger partial charge in [-0.15, -0.1) is 11.8 Å². The SMILES string of the molecule is CSc1ccc(Cc2nn(-c3ccccc3)c(=O)c3ccccc23)cc1. The third-order valence-corrected chi connectivity index (χ3v) is 5.16. The summed E-state index contributed by atoms with van der Waals surface area (Å²) in [7, 11) is 0. The zero-order valence-electron chi connectivity index (χ0n) is 14.4. The minimum Gasteiger partial charge on any atom is -0.267 e. The molecule has 0 spiro atoms. The first kappa shape index (κ1) is 16.6. The summed E-state index contributed by atoms with van der Waals surface area (Å²) in [6, 6.07) is 25.8. The molecule has 4 heteroatoms. The number of para-hydroxylation sites is 1. The maximum Gasteiger partial charge on any atom is 0.279 e. The Morgan fingerprint density at radius 1 is 0.846 bits per heavy atom. The smallest absolute Gasteiger partial charge is 0.267 e. The van der Waals surface area contributed by atoms with Crippen LogP contribution in [0.2, 0.25) is 0 Å². The number of thioether (sulfide) groups is 1. The lowest BCUT2D eigenvalue weighted by Crippen LogP contribution is -2.23. The summed E-state index contributed by atoms with van der Waals surface area (Å²) < 4.78 is 1.51. The Bertz CT molecular complexity index is 1100. The second kappa shape index (κ2) is 7.18. The largest absolute Gasteiger partial charge is 0.279 e. The highest BCUT2D eigenvalue weighted by molar-refractivity contribution is 7.98. The van der Waals surface area contributed by atoms with Gasteiger partial charge in [0.2, 0.25) is 0 Å². The quantitative estimate of drug-likeness (QED) is 0.496. The highest BCUT2D eigenvalue weighted by Gasteiger charge is 2.12. The van der Waals surface area contributed by atoms with Gasteiger partial charge in [-0.2, -0.15) is 9.78 Å². The Morgan fingerprint density at radius 3 is 2.19 bits per heavy atom. The van der Waals surface area contributed by atoms with Crippen molar-refractivity contribution in [2.45, 2.75) is 11.3 Å². The molecule has 0 radical (unpaired) electrons. The second-order valence-electron chi connectivity index (χ2n) is 6.07. The van der Waals surface area contributed by atoms with Gasteiger partial charge in [0.05, 0.1) is 16.8 Å². The van der Waals surface area contributed by atoms with E-state index in [2.05, 4.69) is 30.5 Å². The van der Waals surface area contributed by atoms with Crippen LogP contribution < -0.4 is 5.56 Å². The first-order valence-electron chi connectivity index (χ1n) is 8.45. The van der Waals surface area contributed by atoms with Crippen molar-refractivity contribution in [1.29, 1.82) is 0 Å². The molecule has 0 unspecified atom stereocenters. The van der Waals surface area contributed by atoms with Gasteiger partial charge in [-0.1, -0.05) is 48.5 Å². The van der Waals surface area contributed by atoms with E-state index < -0.39 is 0 Å². The van der Waals surface area contributed by atoms with Crippen LogP contribution in [0.4, 0.5) is 0 Å². The number of hydrogen-bond donors (Lipinski definition) is 0. The van der Waals surface area contributed by atoms with Crippen LogP contribution in [0.3, 0.4) is 0 Å². The van der Waals surface area contributed by atoms with Gasteiger partial charge in [-0.3, -0.25) is 4.79 Å². The summed E-state index contributed by atoms with van der Waals surface area (Å²) in [5, 5.41) is 6.32. The summed E-state index contributed by atoms with van der Waals surface area (Å²) in [6.07, 6.45) is 2.75. The zero-order valence-corrected chi connectivity index (χ0v) is 15.2. The third kappa shape index (κ3) is 3.16. The topological polar surface area (TPSA) is 34.9 Å². The molecule has 0 aliphatic rings. The van der Waals surface area contributed by atoms with Crippen LogP contribution in [0.25, 0.3) is 16.5 Å². The van der Waals surface area contributed by atoms with Crippen molar-refractivity contribution in [2.75, 3.05) is 6.26 Å². The fourth-order valence-corrected chi connectivity index (χ4v) is 3.48. The Hall–Kier alpha value is -2.85. The average Bonchev–Trinajstić information content (AvgIpc) is 2.71. The highest BCUT2D eigenvalue weighted by atomic mass is 32.2. The molecular formula is C22H18N2OS. The molecule has 0 atom stereocenters. The van der Waals surface area contributed by atoms with E-state index >= 15 is 0 Å². The molecule has 1 aromatic heterocycles. The normalized spacial score (nSPS) is 11.0. The van der Waals surface area contributed by atoms with Gasteiger partial charge in [0.1, 0.15) is 0 Å². The summed E-state index contributed by atoms with van der Waals surface area (Å²) in [5.41, 5.74) is 2.77. The lowest BCUT2D eigenvalue weighted by atomic mass is 10.0. The molecule has 0 saturated carbocycles. The fraction of sp³-hybridized carbons (Fsp3) is 0.0909. The fourth-order valence-electron chi connectivity index (χ4n) is 3.07. The first-order valence-corrected chi connectivity index (χ1v) is 9.68. The molecule has 128 valence electrons. The molecule has 0 fully saturated rings. The molecule has 4 aromatic rings. The predicted molar refractivity (Wildman–Crippen MR) is 108 cm³/mol. The van der Waals surface area contributed by atoms with E-state index in [1.54, 1.807) is 11.8 Å². The van der Waals surface area contributed by atoms with E-state index in [4.69, 9.17) is 5.10 Å². The van der Waals surface area contributed by atoms with Crippen LogP contribution in [0.5, 0.6) is 0 Å². The van der Waals surface area contributed by atoms with Crippen LogP contribution in [-0.4, -0.2) is 16.0 Å². The van der Waals surface area contributed by atoms with E-state index in [1.807, 2.05) is 54.6 Å². The van der Waals surface area contributed by atoms with E-state index in [1.165, 1.54) is 15.1 Å². The highest BCUT2D eigenvalue weighted by Crippen LogP contribution is 2.20. The van der Waals surface area contributed by atoms with Crippen LogP contribution >= 0.6 is 11.8 Å². The van der Waals surface area contributed by atoms with Crippen molar-refractivity contribution < 1.29 is 0 Å². The standard InChI is InChI=1S/C22H18N2OS/c1-26-18-13-11-16(12-14-18)15-21-19-9-5-6-10-20(19)22(25)24(23-21)17-7-3-2-4-8-17/h2-14H,15H2,1H3. The number of rotatable bonds is 4. The van der Waals surface area contributed by atoms with Gasteiger partial charge >= 0.3 is 0 Å². The van der Waals surface area contributed by atoms with E-state index in [9.17, 15) is 4.79 Å². The molecular weight excluding hydrogens is 340 g/mol. The summed E-state index contributed by atoms with van der Waals surface area (Å²) >= 11 is 1.73. The molecule has 3 nitrogen and oxygen atoms in total. The number of hydrogen-bond acceptors (Lipinski definition) is 3. The van der Waals surface area contributed by atoms with Crippen molar-refractivity contribution in [1.82, 2.24) is 9.78 Å². The zero-order chi connectivity index (χ0) is 17.9. The third-order valence-electron chi connectivity index (χ3n) is 4.41. The van der Waals surface area contributed by atoms with Gasteiger partial charge in [-0.05, 0) is 42.2 Å². The molecule has 0 amide bonds. The molecule has 0 saturated heterocycles. The lowest BCUT2D eigenvalue weighted by molar-refractivity contribution is 0.787. The molecule has 0 bridgehead atoms. The van der Waals surface area contributed by atoms with E-state index in [0.717, 1.165) is 16.8 Å². The number of benzene rings is 3. The van der Waals surface area contributed by atoms with E-state index in [-0.39, 0.29) is 5.56 Å². The summed E-state index contributed by atoms with van der Waals surface area (Å²) in [6.45, 7) is 0. The average molecular weight is 358 g/mol. The monoisotopic (exact) mass is 358 g/mol. The number of nitrogens with zero attached hydrogens (tertiary/aromatic N) is 2. The number of aromatic nitrogens is 2. The number of fused-ring (bicyclic) bond motifs is 1. The van der Waals surface area contributed by atoms with Crippen molar-refractivity contribution in [2.24, 2.45) is 0 Å². The Morgan fingerprint density at radius 2 is 1.50 bits per heavy atom. The molecule has 4 rings (SSSR count). The maximum atomic E-state index is 12.9. The van der Waals surface area contributed by atoms with Crippen LogP contribution in [-0.2, 0) is 6.42 Å². The molecule has 0 N–H and O–H groups in total. The molecule has 1 heterocycles. The van der Waals surface area contributed by atoms with Gasteiger partial charge in [0, 0.05) is 16.7 Å². The van der Waals surface area contributed by atoms with E-state index in [0.29, 0.717) is 11.8 Å². The minimum atomic E-state index is -0.0896. The van der Waals surface area contributed by atoms with Crippen molar-refractivity contribution in [3.63, 3.8) is 0 Å². The molecule has 3 aromatic carbocycles. The van der Waals surface area contributed by atoms with Crippen LogP contribution in [0.1, 0.15) is 11.3 Å². The van der Waals surface area contributed by atoms with Gasteiger partial charge in [0.25, 0.3) is 5.56 Å². The molecule has 0 aliphatic carbocycles. The summed E-state index contributed by atoms with van der Waals surface area (Å²) in [5.74, 6) is 0. The Labute approximate surface area is 156 Å². The van der Waals surface area contributed by atoms with Crippen LogP contribution in [0.15, 0.2) is 88.6 Å². The van der Waals surface area contributed by atoms with Crippen molar-refractivity contribution >= 4 is 22.5 Å². The Kier molecular flexibility index (Phi) is 4.59. The maximum absolute atomic E-state index is 12.9.